The molecule has 0 unspecified atom stereocenters. The number of carbonyl (C=O) groups excluding carboxylic acids is 1. The van der Waals surface area contributed by atoms with Gasteiger partial charge in [-0.05, 0) is 18.9 Å². The van der Waals surface area contributed by atoms with Crippen LogP contribution in [0.5, 0.6) is 0 Å². The number of amides is 1. The molecule has 1 aromatic heterocycles. The number of rotatable bonds is 2. The zero-order valence-corrected chi connectivity index (χ0v) is 10.3. The summed E-state index contributed by atoms with van der Waals surface area (Å²) in [6.45, 7) is 3.45. The summed E-state index contributed by atoms with van der Waals surface area (Å²) in [5.41, 5.74) is 0.260. The van der Waals surface area contributed by atoms with Crippen molar-refractivity contribution in [1.82, 2.24) is 14.8 Å². The molecule has 0 spiro atoms. The van der Waals surface area contributed by atoms with Crippen LogP contribution in [0.25, 0.3) is 0 Å². The van der Waals surface area contributed by atoms with E-state index in [4.69, 9.17) is 0 Å². The van der Waals surface area contributed by atoms with E-state index in [1.165, 1.54) is 25.1 Å². The zero-order chi connectivity index (χ0) is 12.5. The molecule has 2 aliphatic rings. The SMILES string of the molecule is O=C(c1cc[nH]c(=O)c1)N1CCN(C2CC2)CC1. The lowest BCUT2D eigenvalue weighted by atomic mass is 10.2. The number of hydrogen-bond acceptors (Lipinski definition) is 3. The van der Waals surface area contributed by atoms with Gasteiger partial charge in [-0.25, -0.2) is 0 Å². The molecule has 2 heterocycles. The highest BCUT2D eigenvalue weighted by Crippen LogP contribution is 2.27. The number of aromatic nitrogens is 1. The molecule has 0 aromatic carbocycles. The van der Waals surface area contributed by atoms with Gasteiger partial charge < -0.3 is 9.88 Å². The minimum atomic E-state index is -0.225. The van der Waals surface area contributed by atoms with Crippen LogP contribution < -0.4 is 5.56 Å². The highest BCUT2D eigenvalue weighted by atomic mass is 16.2. The van der Waals surface area contributed by atoms with Crippen LogP contribution in [-0.2, 0) is 0 Å². The quantitative estimate of drug-likeness (QED) is 0.817. The van der Waals surface area contributed by atoms with Crippen LogP contribution in [0.2, 0.25) is 0 Å². The summed E-state index contributed by atoms with van der Waals surface area (Å²) >= 11 is 0. The molecule has 5 nitrogen and oxygen atoms in total. The Morgan fingerprint density at radius 3 is 2.56 bits per heavy atom. The van der Waals surface area contributed by atoms with Gasteiger partial charge in [-0.15, -0.1) is 0 Å². The molecule has 1 saturated carbocycles. The molecule has 1 amide bonds. The van der Waals surface area contributed by atoms with Gasteiger partial charge in [0.2, 0.25) is 5.56 Å². The van der Waals surface area contributed by atoms with Gasteiger partial charge >= 0.3 is 0 Å². The second kappa shape index (κ2) is 4.57. The number of aromatic amines is 1. The van der Waals surface area contributed by atoms with E-state index < -0.39 is 0 Å². The molecule has 1 saturated heterocycles. The third kappa shape index (κ3) is 2.31. The smallest absolute Gasteiger partial charge is 0.254 e. The van der Waals surface area contributed by atoms with Gasteiger partial charge in [0.25, 0.3) is 5.91 Å². The summed E-state index contributed by atoms with van der Waals surface area (Å²) in [6, 6.07) is 3.80. The van der Waals surface area contributed by atoms with Crippen molar-refractivity contribution < 1.29 is 4.79 Å². The van der Waals surface area contributed by atoms with Gasteiger partial charge in [-0.1, -0.05) is 0 Å². The Kier molecular flexibility index (Phi) is 2.91. The summed E-state index contributed by atoms with van der Waals surface area (Å²) < 4.78 is 0. The summed E-state index contributed by atoms with van der Waals surface area (Å²) in [5.74, 6) is -0.0310. The third-order valence-corrected chi connectivity index (χ3v) is 3.69. The first-order valence-corrected chi connectivity index (χ1v) is 6.46. The van der Waals surface area contributed by atoms with Gasteiger partial charge in [-0.2, -0.15) is 0 Å². The molecule has 2 fully saturated rings. The van der Waals surface area contributed by atoms with E-state index in [1.807, 2.05) is 4.90 Å². The van der Waals surface area contributed by atoms with Crippen molar-refractivity contribution in [2.45, 2.75) is 18.9 Å². The van der Waals surface area contributed by atoms with Crippen molar-refractivity contribution in [3.05, 3.63) is 34.2 Å². The second-order valence-electron chi connectivity index (χ2n) is 5.00. The fourth-order valence-electron chi connectivity index (χ4n) is 2.49. The van der Waals surface area contributed by atoms with Crippen LogP contribution in [0.1, 0.15) is 23.2 Å². The summed E-state index contributed by atoms with van der Waals surface area (Å²) in [7, 11) is 0. The maximum Gasteiger partial charge on any atom is 0.254 e. The minimum Gasteiger partial charge on any atom is -0.336 e. The second-order valence-corrected chi connectivity index (χ2v) is 5.00. The maximum absolute atomic E-state index is 12.2. The lowest BCUT2D eigenvalue weighted by Crippen LogP contribution is -2.49. The lowest BCUT2D eigenvalue weighted by molar-refractivity contribution is 0.0627. The van der Waals surface area contributed by atoms with Gasteiger partial charge in [-0.3, -0.25) is 14.5 Å². The summed E-state index contributed by atoms with van der Waals surface area (Å²) in [6.07, 6.45) is 4.14. The molecule has 1 N–H and O–H groups in total. The topological polar surface area (TPSA) is 56.4 Å². The van der Waals surface area contributed by atoms with E-state index in [0.717, 1.165) is 32.2 Å². The van der Waals surface area contributed by atoms with Crippen molar-refractivity contribution in [1.29, 1.82) is 0 Å². The number of carbonyl (C=O) groups is 1. The molecule has 1 aromatic rings. The summed E-state index contributed by atoms with van der Waals surface area (Å²) in [4.78, 5) is 30.2. The Hall–Kier alpha value is -1.62. The molecule has 1 aliphatic carbocycles. The van der Waals surface area contributed by atoms with Crippen molar-refractivity contribution in [3.8, 4) is 0 Å². The van der Waals surface area contributed by atoms with E-state index in [2.05, 4.69) is 9.88 Å². The number of H-pyrrole nitrogens is 1. The Morgan fingerprint density at radius 2 is 1.94 bits per heavy atom. The number of hydrogen-bond donors (Lipinski definition) is 1. The Bertz CT molecular complexity index is 499. The van der Waals surface area contributed by atoms with Crippen molar-refractivity contribution in [2.24, 2.45) is 0 Å². The molecule has 0 atom stereocenters. The van der Waals surface area contributed by atoms with Crippen LogP contribution in [0.4, 0.5) is 0 Å². The fourth-order valence-corrected chi connectivity index (χ4v) is 2.49. The minimum absolute atomic E-state index is 0.0310. The first kappa shape index (κ1) is 11.5. The highest BCUT2D eigenvalue weighted by Gasteiger charge is 2.32. The number of nitrogens with zero attached hydrogens (tertiary/aromatic N) is 2. The molecule has 5 heteroatoms. The predicted octanol–water partition coefficient (Wildman–Crippen LogP) is 0.295. The van der Waals surface area contributed by atoms with Crippen LogP contribution in [0.15, 0.2) is 23.1 Å². The largest absolute Gasteiger partial charge is 0.336 e. The van der Waals surface area contributed by atoms with Crippen LogP contribution in [0, 0.1) is 0 Å². The van der Waals surface area contributed by atoms with Crippen LogP contribution in [-0.4, -0.2) is 52.9 Å². The van der Waals surface area contributed by atoms with Gasteiger partial charge in [0.1, 0.15) is 0 Å². The average molecular weight is 247 g/mol. The fraction of sp³-hybridized carbons (Fsp3) is 0.538. The Labute approximate surface area is 105 Å². The van der Waals surface area contributed by atoms with Crippen molar-refractivity contribution >= 4 is 5.91 Å². The van der Waals surface area contributed by atoms with Crippen molar-refractivity contribution in [2.75, 3.05) is 26.2 Å². The van der Waals surface area contributed by atoms with Gasteiger partial charge in [0, 0.05) is 50.0 Å². The van der Waals surface area contributed by atoms with E-state index in [-0.39, 0.29) is 11.5 Å². The predicted molar refractivity (Wildman–Crippen MR) is 67.6 cm³/mol. The molecule has 96 valence electrons. The Balaban J connectivity index is 1.65. The van der Waals surface area contributed by atoms with Gasteiger partial charge in [0.05, 0.1) is 0 Å². The zero-order valence-electron chi connectivity index (χ0n) is 10.3. The molecular formula is C13H17N3O2. The van der Waals surface area contributed by atoms with Gasteiger partial charge in [0.15, 0.2) is 0 Å². The molecule has 3 rings (SSSR count). The van der Waals surface area contributed by atoms with E-state index in [9.17, 15) is 9.59 Å². The summed E-state index contributed by atoms with van der Waals surface area (Å²) in [5, 5.41) is 0. The first-order valence-electron chi connectivity index (χ1n) is 6.46. The maximum atomic E-state index is 12.2. The molecular weight excluding hydrogens is 230 g/mol. The van der Waals surface area contributed by atoms with E-state index in [0.29, 0.717) is 5.56 Å². The number of pyridine rings is 1. The molecule has 18 heavy (non-hydrogen) atoms. The van der Waals surface area contributed by atoms with Crippen LogP contribution >= 0.6 is 0 Å². The first-order chi connectivity index (χ1) is 8.74. The number of nitrogens with one attached hydrogen (secondary N) is 1. The standard InChI is InChI=1S/C13H17N3O2/c17-12-9-10(3-4-14-12)13(18)16-7-5-15(6-8-16)11-1-2-11/h3-4,9,11H,1-2,5-8H2,(H,14,17). The molecule has 0 bridgehead atoms. The Morgan fingerprint density at radius 1 is 1.22 bits per heavy atom. The number of piperazine rings is 1. The van der Waals surface area contributed by atoms with Crippen LogP contribution in [0.3, 0.4) is 0 Å². The average Bonchev–Trinajstić information content (AvgIpc) is 3.22. The highest BCUT2D eigenvalue weighted by molar-refractivity contribution is 5.94. The third-order valence-electron chi connectivity index (χ3n) is 3.69. The van der Waals surface area contributed by atoms with E-state index in [1.54, 1.807) is 6.07 Å². The molecule has 0 radical (unpaired) electrons. The van der Waals surface area contributed by atoms with Crippen molar-refractivity contribution in [3.63, 3.8) is 0 Å². The lowest BCUT2D eigenvalue weighted by Gasteiger charge is -2.34. The monoisotopic (exact) mass is 247 g/mol. The molecule has 1 aliphatic heterocycles. The normalized spacial score (nSPS) is 21.0. The van der Waals surface area contributed by atoms with E-state index >= 15 is 0 Å².